The highest BCUT2D eigenvalue weighted by atomic mass is 32.1. The summed E-state index contributed by atoms with van der Waals surface area (Å²) in [4.78, 5) is 13.5. The number of aliphatic hydroxyl groups excluding tert-OH is 1. The molecule has 1 aromatic rings. The first kappa shape index (κ1) is 11.6. The fourth-order valence-electron chi connectivity index (χ4n) is 1.90. The van der Waals surface area contributed by atoms with Crippen LogP contribution < -0.4 is 4.90 Å². The average molecular weight is 241 g/mol. The highest BCUT2D eigenvalue weighted by Gasteiger charge is 2.25. The number of ether oxygens (including phenoxy) is 1. The summed E-state index contributed by atoms with van der Waals surface area (Å²) in [6, 6.07) is 3.77. The summed E-state index contributed by atoms with van der Waals surface area (Å²) in [7, 11) is 0. The molecular formula is C11H15NO3S. The van der Waals surface area contributed by atoms with E-state index in [4.69, 9.17) is 9.84 Å². The standard InChI is InChI=1S/C11H15NO3S/c1-8-4-12(5-9(6-13)15-8)11-3-2-10(7-14)16-11/h2-3,7-9,13H,4-6H2,1H3. The number of nitrogens with zero attached hydrogens (tertiary/aromatic N) is 1. The van der Waals surface area contributed by atoms with E-state index in [1.54, 1.807) is 0 Å². The van der Waals surface area contributed by atoms with Crippen molar-refractivity contribution >= 4 is 22.6 Å². The van der Waals surface area contributed by atoms with Crippen molar-refractivity contribution in [1.82, 2.24) is 0 Å². The van der Waals surface area contributed by atoms with Crippen LogP contribution in [0.5, 0.6) is 0 Å². The molecule has 0 spiro atoms. The molecule has 4 nitrogen and oxygen atoms in total. The summed E-state index contributed by atoms with van der Waals surface area (Å²) in [5, 5.41) is 10.2. The Bertz CT molecular complexity index is 366. The minimum Gasteiger partial charge on any atom is -0.394 e. The van der Waals surface area contributed by atoms with Crippen LogP contribution in [0.25, 0.3) is 0 Å². The monoisotopic (exact) mass is 241 g/mol. The lowest BCUT2D eigenvalue weighted by Crippen LogP contribution is -2.47. The first-order valence-corrected chi connectivity index (χ1v) is 6.11. The second-order valence-electron chi connectivity index (χ2n) is 3.95. The van der Waals surface area contributed by atoms with E-state index >= 15 is 0 Å². The second kappa shape index (κ2) is 4.95. The van der Waals surface area contributed by atoms with Crippen LogP contribution in [0.4, 0.5) is 5.00 Å². The van der Waals surface area contributed by atoms with Gasteiger partial charge < -0.3 is 14.7 Å². The molecule has 1 aliphatic heterocycles. The largest absolute Gasteiger partial charge is 0.394 e. The second-order valence-corrected chi connectivity index (χ2v) is 5.04. The SMILES string of the molecule is CC1CN(c2ccc(C=O)s2)CC(CO)O1. The smallest absolute Gasteiger partial charge is 0.160 e. The quantitative estimate of drug-likeness (QED) is 0.806. The van der Waals surface area contributed by atoms with Crippen molar-refractivity contribution in [3.05, 3.63) is 17.0 Å². The molecule has 16 heavy (non-hydrogen) atoms. The number of carbonyl (C=O) groups is 1. The summed E-state index contributed by atoms with van der Waals surface area (Å²) >= 11 is 1.47. The van der Waals surface area contributed by atoms with Gasteiger partial charge in [0.2, 0.25) is 0 Å². The molecular weight excluding hydrogens is 226 g/mol. The molecule has 0 bridgehead atoms. The van der Waals surface area contributed by atoms with Crippen molar-refractivity contribution in [2.45, 2.75) is 19.1 Å². The van der Waals surface area contributed by atoms with Gasteiger partial charge in [-0.2, -0.15) is 0 Å². The van der Waals surface area contributed by atoms with Crippen LogP contribution in [0.2, 0.25) is 0 Å². The van der Waals surface area contributed by atoms with Gasteiger partial charge in [-0.05, 0) is 19.1 Å². The molecule has 1 aliphatic rings. The zero-order valence-electron chi connectivity index (χ0n) is 9.13. The Labute approximate surface area is 98.4 Å². The van der Waals surface area contributed by atoms with E-state index in [9.17, 15) is 4.79 Å². The van der Waals surface area contributed by atoms with Crippen LogP contribution in [-0.4, -0.2) is 43.3 Å². The van der Waals surface area contributed by atoms with Gasteiger partial charge >= 0.3 is 0 Å². The number of thiophene rings is 1. The van der Waals surface area contributed by atoms with Gasteiger partial charge in [-0.25, -0.2) is 0 Å². The Balaban J connectivity index is 2.10. The van der Waals surface area contributed by atoms with Crippen LogP contribution in [0.3, 0.4) is 0 Å². The third kappa shape index (κ3) is 2.42. The van der Waals surface area contributed by atoms with Crippen molar-refractivity contribution in [3.8, 4) is 0 Å². The summed E-state index contributed by atoms with van der Waals surface area (Å²) in [6.07, 6.45) is 0.833. The third-order valence-corrected chi connectivity index (χ3v) is 3.64. The Morgan fingerprint density at radius 1 is 1.62 bits per heavy atom. The number of anilines is 1. The number of aliphatic hydroxyl groups is 1. The normalized spacial score (nSPS) is 25.8. The first-order chi connectivity index (χ1) is 7.72. The Kier molecular flexibility index (Phi) is 3.58. The Morgan fingerprint density at radius 3 is 3.06 bits per heavy atom. The van der Waals surface area contributed by atoms with Gasteiger partial charge in [0, 0.05) is 13.1 Å². The summed E-state index contributed by atoms with van der Waals surface area (Å²) in [5.41, 5.74) is 0. The summed E-state index contributed by atoms with van der Waals surface area (Å²) < 4.78 is 5.56. The van der Waals surface area contributed by atoms with E-state index < -0.39 is 0 Å². The number of morpholine rings is 1. The van der Waals surface area contributed by atoms with Gasteiger partial charge in [-0.15, -0.1) is 11.3 Å². The van der Waals surface area contributed by atoms with Gasteiger partial charge in [-0.3, -0.25) is 4.79 Å². The lowest BCUT2D eigenvalue weighted by atomic mass is 10.2. The molecule has 1 fully saturated rings. The number of aldehydes is 1. The first-order valence-electron chi connectivity index (χ1n) is 5.29. The van der Waals surface area contributed by atoms with Gasteiger partial charge in [-0.1, -0.05) is 0 Å². The summed E-state index contributed by atoms with van der Waals surface area (Å²) in [6.45, 7) is 3.50. The molecule has 0 aliphatic carbocycles. The van der Waals surface area contributed by atoms with Gasteiger partial charge in [0.1, 0.15) is 0 Å². The molecule has 1 N–H and O–H groups in total. The van der Waals surface area contributed by atoms with E-state index in [-0.39, 0.29) is 18.8 Å². The highest BCUT2D eigenvalue weighted by Crippen LogP contribution is 2.27. The lowest BCUT2D eigenvalue weighted by Gasteiger charge is -2.36. The zero-order valence-corrected chi connectivity index (χ0v) is 9.94. The number of hydrogen-bond donors (Lipinski definition) is 1. The van der Waals surface area contributed by atoms with Gasteiger partial charge in [0.25, 0.3) is 0 Å². The lowest BCUT2D eigenvalue weighted by molar-refractivity contribution is -0.0419. The topological polar surface area (TPSA) is 49.8 Å². The molecule has 1 saturated heterocycles. The maximum Gasteiger partial charge on any atom is 0.160 e. The predicted octanol–water partition coefficient (Wildman–Crippen LogP) is 1.15. The minimum atomic E-state index is -0.134. The van der Waals surface area contributed by atoms with E-state index in [2.05, 4.69) is 4.90 Å². The van der Waals surface area contributed by atoms with Crippen molar-refractivity contribution in [3.63, 3.8) is 0 Å². The predicted molar refractivity (Wildman–Crippen MR) is 63.3 cm³/mol. The maximum atomic E-state index is 10.6. The van der Waals surface area contributed by atoms with E-state index in [1.807, 2.05) is 19.1 Å². The van der Waals surface area contributed by atoms with Crippen LogP contribution in [0, 0.1) is 0 Å². The van der Waals surface area contributed by atoms with E-state index in [0.29, 0.717) is 6.54 Å². The minimum absolute atomic E-state index is 0.0345. The third-order valence-electron chi connectivity index (χ3n) is 2.57. The average Bonchev–Trinajstić information content (AvgIpc) is 2.76. The van der Waals surface area contributed by atoms with Crippen LogP contribution >= 0.6 is 11.3 Å². The Hall–Kier alpha value is -0.910. The molecule has 0 amide bonds. The highest BCUT2D eigenvalue weighted by molar-refractivity contribution is 7.17. The van der Waals surface area contributed by atoms with E-state index in [1.165, 1.54) is 11.3 Å². The fraction of sp³-hybridized carbons (Fsp3) is 0.545. The van der Waals surface area contributed by atoms with Crippen LogP contribution in [0.15, 0.2) is 12.1 Å². The van der Waals surface area contributed by atoms with Crippen molar-refractivity contribution in [1.29, 1.82) is 0 Å². The molecule has 88 valence electrons. The number of hydrogen-bond acceptors (Lipinski definition) is 5. The fourth-order valence-corrected chi connectivity index (χ4v) is 2.74. The molecule has 0 radical (unpaired) electrons. The van der Waals surface area contributed by atoms with Crippen LogP contribution in [-0.2, 0) is 4.74 Å². The van der Waals surface area contributed by atoms with Crippen molar-refractivity contribution in [2.24, 2.45) is 0 Å². The van der Waals surface area contributed by atoms with Gasteiger partial charge in [0.05, 0.1) is 28.7 Å². The number of rotatable bonds is 3. The molecule has 1 aromatic heterocycles. The molecule has 2 atom stereocenters. The van der Waals surface area contributed by atoms with E-state index in [0.717, 1.165) is 22.7 Å². The molecule has 2 unspecified atom stereocenters. The Morgan fingerprint density at radius 2 is 2.44 bits per heavy atom. The van der Waals surface area contributed by atoms with Gasteiger partial charge in [0.15, 0.2) is 6.29 Å². The molecule has 0 saturated carbocycles. The molecule has 2 heterocycles. The molecule has 2 rings (SSSR count). The number of carbonyl (C=O) groups excluding carboxylic acids is 1. The summed E-state index contributed by atoms with van der Waals surface area (Å²) in [5.74, 6) is 0. The zero-order chi connectivity index (χ0) is 11.5. The van der Waals surface area contributed by atoms with Crippen LogP contribution in [0.1, 0.15) is 16.6 Å². The molecule has 0 aromatic carbocycles. The van der Waals surface area contributed by atoms with Crippen molar-refractivity contribution in [2.75, 3.05) is 24.6 Å². The van der Waals surface area contributed by atoms with Crippen molar-refractivity contribution < 1.29 is 14.6 Å². The maximum absolute atomic E-state index is 10.6. The molecule has 5 heteroatoms.